The Morgan fingerprint density at radius 3 is 2.38 bits per heavy atom. The number of hydrogen-bond acceptors (Lipinski definition) is 3. The molecule has 0 unspecified atom stereocenters. The Morgan fingerprint density at radius 2 is 1.66 bits per heavy atom. The summed E-state index contributed by atoms with van der Waals surface area (Å²) in [4.78, 5) is 25.3. The standard InChI is InChI=1S/C21H15Cl2FN2O2S/c22-13-4-9-18(19(23)10-13)21(28)26-16-2-1-3-17(11-16)29-12-20(27)25-15-7-5-14(24)6-8-15/h1-11H,12H2,(H,25,27)(H,26,28). The maximum absolute atomic E-state index is 12.9. The van der Waals surface area contributed by atoms with Gasteiger partial charge in [-0.25, -0.2) is 4.39 Å². The highest BCUT2D eigenvalue weighted by molar-refractivity contribution is 8.00. The van der Waals surface area contributed by atoms with Crippen molar-refractivity contribution in [3.63, 3.8) is 0 Å². The summed E-state index contributed by atoms with van der Waals surface area (Å²) in [5.41, 5.74) is 1.41. The normalized spacial score (nSPS) is 10.4. The molecule has 0 aliphatic heterocycles. The van der Waals surface area contributed by atoms with Gasteiger partial charge in [0.25, 0.3) is 5.91 Å². The maximum Gasteiger partial charge on any atom is 0.257 e. The molecule has 8 heteroatoms. The molecule has 0 spiro atoms. The molecular weight excluding hydrogens is 434 g/mol. The van der Waals surface area contributed by atoms with Gasteiger partial charge in [0.05, 0.1) is 16.3 Å². The molecule has 0 heterocycles. The van der Waals surface area contributed by atoms with E-state index in [4.69, 9.17) is 23.2 Å². The molecule has 0 radical (unpaired) electrons. The third kappa shape index (κ3) is 6.22. The van der Waals surface area contributed by atoms with Crippen LogP contribution in [-0.4, -0.2) is 17.6 Å². The smallest absolute Gasteiger partial charge is 0.257 e. The predicted molar refractivity (Wildman–Crippen MR) is 117 cm³/mol. The summed E-state index contributed by atoms with van der Waals surface area (Å²) >= 11 is 13.2. The molecule has 3 rings (SSSR count). The Morgan fingerprint density at radius 1 is 0.897 bits per heavy atom. The van der Waals surface area contributed by atoms with Crippen LogP contribution < -0.4 is 10.6 Å². The topological polar surface area (TPSA) is 58.2 Å². The largest absolute Gasteiger partial charge is 0.325 e. The van der Waals surface area contributed by atoms with Gasteiger partial charge in [-0.15, -0.1) is 11.8 Å². The van der Waals surface area contributed by atoms with Gasteiger partial charge in [-0.2, -0.15) is 0 Å². The molecule has 0 aliphatic rings. The zero-order chi connectivity index (χ0) is 20.8. The van der Waals surface area contributed by atoms with Crippen LogP contribution in [0.5, 0.6) is 0 Å². The molecule has 0 saturated heterocycles. The van der Waals surface area contributed by atoms with E-state index in [9.17, 15) is 14.0 Å². The highest BCUT2D eigenvalue weighted by Gasteiger charge is 2.11. The number of carbonyl (C=O) groups excluding carboxylic acids is 2. The van der Waals surface area contributed by atoms with Gasteiger partial charge in [-0.3, -0.25) is 9.59 Å². The zero-order valence-electron chi connectivity index (χ0n) is 14.9. The number of nitrogens with one attached hydrogen (secondary N) is 2. The Labute approximate surface area is 181 Å². The number of thioether (sulfide) groups is 1. The van der Waals surface area contributed by atoms with Gasteiger partial charge in [0, 0.05) is 21.3 Å². The van der Waals surface area contributed by atoms with Crippen LogP contribution in [0.2, 0.25) is 10.0 Å². The molecule has 0 aliphatic carbocycles. The van der Waals surface area contributed by atoms with E-state index in [1.807, 2.05) is 6.07 Å². The van der Waals surface area contributed by atoms with Crippen molar-refractivity contribution in [1.82, 2.24) is 0 Å². The van der Waals surface area contributed by atoms with Crippen molar-refractivity contribution in [2.45, 2.75) is 4.90 Å². The zero-order valence-corrected chi connectivity index (χ0v) is 17.2. The van der Waals surface area contributed by atoms with Gasteiger partial charge in [-0.1, -0.05) is 29.3 Å². The van der Waals surface area contributed by atoms with Gasteiger partial charge in [0.15, 0.2) is 0 Å². The molecule has 2 N–H and O–H groups in total. The molecule has 0 aromatic heterocycles. The fourth-order valence-corrected chi connectivity index (χ4v) is 3.66. The lowest BCUT2D eigenvalue weighted by molar-refractivity contribution is -0.113. The molecule has 0 saturated carbocycles. The van der Waals surface area contributed by atoms with Crippen molar-refractivity contribution >= 4 is 58.2 Å². The fraction of sp³-hybridized carbons (Fsp3) is 0.0476. The second kappa shape index (κ2) is 9.78. The van der Waals surface area contributed by atoms with Gasteiger partial charge in [-0.05, 0) is 60.7 Å². The summed E-state index contributed by atoms with van der Waals surface area (Å²) in [6.07, 6.45) is 0. The Bertz CT molecular complexity index is 1050. The van der Waals surface area contributed by atoms with Crippen LogP contribution in [0.15, 0.2) is 71.6 Å². The molecule has 3 aromatic rings. The van der Waals surface area contributed by atoms with E-state index < -0.39 is 0 Å². The van der Waals surface area contributed by atoms with E-state index in [-0.39, 0.29) is 28.4 Å². The number of anilines is 2. The summed E-state index contributed by atoms with van der Waals surface area (Å²) in [6.45, 7) is 0. The molecule has 2 amide bonds. The summed E-state index contributed by atoms with van der Waals surface area (Å²) in [7, 11) is 0. The van der Waals surface area contributed by atoms with Crippen LogP contribution in [0.3, 0.4) is 0 Å². The Hall–Kier alpha value is -2.54. The Kier molecular flexibility index (Phi) is 7.14. The molecule has 3 aromatic carbocycles. The van der Waals surface area contributed by atoms with Gasteiger partial charge in [0.1, 0.15) is 5.82 Å². The number of carbonyl (C=O) groups is 2. The summed E-state index contributed by atoms with van der Waals surface area (Å²) in [6, 6.07) is 17.3. The SMILES string of the molecule is O=C(CSc1cccc(NC(=O)c2ccc(Cl)cc2Cl)c1)Nc1ccc(F)cc1. The van der Waals surface area contributed by atoms with Crippen molar-refractivity contribution in [2.75, 3.05) is 16.4 Å². The average Bonchev–Trinajstić information content (AvgIpc) is 2.68. The first-order valence-corrected chi connectivity index (χ1v) is 10.2. The van der Waals surface area contributed by atoms with Crippen molar-refractivity contribution in [1.29, 1.82) is 0 Å². The Balaban J connectivity index is 1.58. The summed E-state index contributed by atoms with van der Waals surface area (Å²) in [5.74, 6) is -0.777. The first-order valence-electron chi connectivity index (χ1n) is 8.45. The molecule has 4 nitrogen and oxygen atoms in total. The average molecular weight is 449 g/mol. The minimum Gasteiger partial charge on any atom is -0.325 e. The number of halogens is 3. The van der Waals surface area contributed by atoms with E-state index in [1.54, 1.807) is 30.3 Å². The molecule has 0 atom stereocenters. The van der Waals surface area contributed by atoms with Crippen molar-refractivity contribution in [3.05, 3.63) is 88.2 Å². The first-order chi connectivity index (χ1) is 13.9. The summed E-state index contributed by atoms with van der Waals surface area (Å²) in [5, 5.41) is 6.18. The lowest BCUT2D eigenvalue weighted by atomic mass is 10.2. The molecule has 29 heavy (non-hydrogen) atoms. The fourth-order valence-electron chi connectivity index (χ4n) is 2.41. The maximum atomic E-state index is 12.9. The van der Waals surface area contributed by atoms with E-state index in [0.717, 1.165) is 4.90 Å². The van der Waals surface area contributed by atoms with Gasteiger partial charge >= 0.3 is 0 Å². The van der Waals surface area contributed by atoms with E-state index in [0.29, 0.717) is 22.0 Å². The van der Waals surface area contributed by atoms with Crippen LogP contribution in [0, 0.1) is 5.82 Å². The van der Waals surface area contributed by atoms with Crippen molar-refractivity contribution < 1.29 is 14.0 Å². The number of rotatable bonds is 6. The minimum atomic E-state index is -0.365. The van der Waals surface area contributed by atoms with Crippen LogP contribution in [-0.2, 0) is 4.79 Å². The van der Waals surface area contributed by atoms with Crippen LogP contribution in [0.25, 0.3) is 0 Å². The van der Waals surface area contributed by atoms with Crippen LogP contribution >= 0.6 is 35.0 Å². The van der Waals surface area contributed by atoms with Gasteiger partial charge < -0.3 is 10.6 Å². The lowest BCUT2D eigenvalue weighted by Gasteiger charge is -2.09. The van der Waals surface area contributed by atoms with E-state index in [1.165, 1.54) is 42.1 Å². The van der Waals surface area contributed by atoms with E-state index >= 15 is 0 Å². The lowest BCUT2D eigenvalue weighted by Crippen LogP contribution is -2.14. The number of benzene rings is 3. The quantitative estimate of drug-likeness (QED) is 0.446. The molecule has 148 valence electrons. The third-order valence-corrected chi connectivity index (χ3v) is 5.31. The highest BCUT2D eigenvalue weighted by Crippen LogP contribution is 2.25. The predicted octanol–water partition coefficient (Wildman–Crippen LogP) is 6.12. The minimum absolute atomic E-state index is 0.164. The number of amides is 2. The van der Waals surface area contributed by atoms with E-state index in [2.05, 4.69) is 10.6 Å². The molecule has 0 bridgehead atoms. The van der Waals surface area contributed by atoms with Crippen molar-refractivity contribution in [3.8, 4) is 0 Å². The second-order valence-electron chi connectivity index (χ2n) is 5.95. The molecule has 0 fully saturated rings. The highest BCUT2D eigenvalue weighted by atomic mass is 35.5. The van der Waals surface area contributed by atoms with Crippen molar-refractivity contribution in [2.24, 2.45) is 0 Å². The summed E-state index contributed by atoms with van der Waals surface area (Å²) < 4.78 is 12.9. The van der Waals surface area contributed by atoms with Crippen LogP contribution in [0.1, 0.15) is 10.4 Å². The second-order valence-corrected chi connectivity index (χ2v) is 7.84. The van der Waals surface area contributed by atoms with Crippen LogP contribution in [0.4, 0.5) is 15.8 Å². The molecular formula is C21H15Cl2FN2O2S. The van der Waals surface area contributed by atoms with Gasteiger partial charge in [0.2, 0.25) is 5.91 Å². The number of hydrogen-bond donors (Lipinski definition) is 2. The first kappa shape index (κ1) is 21.2. The third-order valence-electron chi connectivity index (χ3n) is 3.77. The monoisotopic (exact) mass is 448 g/mol.